The van der Waals surface area contributed by atoms with Crippen molar-refractivity contribution in [3.8, 4) is 11.1 Å². The molecule has 2 aromatic carbocycles. The van der Waals surface area contributed by atoms with Crippen LogP contribution >= 0.6 is 0 Å². The van der Waals surface area contributed by atoms with Crippen LogP contribution in [0.5, 0.6) is 0 Å². The fourth-order valence-electron chi connectivity index (χ4n) is 3.37. The normalized spacial score (nSPS) is 15.9. The van der Waals surface area contributed by atoms with Crippen LogP contribution in [0.2, 0.25) is 0 Å². The van der Waals surface area contributed by atoms with Gasteiger partial charge in [0.15, 0.2) is 0 Å². The summed E-state index contributed by atoms with van der Waals surface area (Å²) >= 11 is 0. The molecule has 1 atom stereocenters. The van der Waals surface area contributed by atoms with Gasteiger partial charge in [-0.1, -0.05) is 24.3 Å². The first-order valence-corrected chi connectivity index (χ1v) is 9.39. The highest BCUT2D eigenvalue weighted by molar-refractivity contribution is 5.89. The first kappa shape index (κ1) is 19.0. The molecule has 1 aromatic heterocycles. The van der Waals surface area contributed by atoms with Crippen molar-refractivity contribution in [2.45, 2.75) is 25.9 Å². The Morgan fingerprint density at radius 2 is 2.10 bits per heavy atom. The summed E-state index contributed by atoms with van der Waals surface area (Å²) in [5, 5.41) is 6.05. The molecule has 0 bridgehead atoms. The number of amides is 1. The Bertz CT molecular complexity index is 1080. The number of nitrogens with one attached hydrogen (secondary N) is 2. The molecule has 1 amide bonds. The lowest BCUT2D eigenvalue weighted by atomic mass is 9.96. The molecule has 1 aliphatic rings. The number of fused-ring (bicyclic) bond motifs is 1. The number of hydrogen-bond donors (Lipinski definition) is 2. The molecule has 1 radical (unpaired) electrons. The third-order valence-corrected chi connectivity index (χ3v) is 4.75. The number of benzene rings is 2. The molecule has 0 saturated carbocycles. The number of carbonyl (C=O) groups is 1. The second kappa shape index (κ2) is 8.32. The highest BCUT2D eigenvalue weighted by Gasteiger charge is 2.16. The minimum Gasteiger partial charge on any atom is -0.310 e. The van der Waals surface area contributed by atoms with Gasteiger partial charge in [-0.25, -0.2) is 9.37 Å². The molecule has 0 unspecified atom stereocenters. The molecule has 6 heteroatoms. The topological polar surface area (TPSA) is 66.4 Å². The first-order valence-electron chi connectivity index (χ1n) is 9.39. The molecule has 29 heavy (non-hydrogen) atoms. The SMILES string of the molecule is CC(=O)Nc1[c]c(-c2ccc(F)cc2N=C[C@@H]2Cc3ccccc3CN2)ccn1. The highest BCUT2D eigenvalue weighted by Crippen LogP contribution is 2.31. The molecule has 2 N–H and O–H groups in total. The van der Waals surface area contributed by atoms with E-state index in [1.165, 1.54) is 30.2 Å². The van der Waals surface area contributed by atoms with E-state index in [1.807, 2.05) is 18.3 Å². The van der Waals surface area contributed by atoms with Crippen molar-refractivity contribution in [2.24, 2.45) is 4.99 Å². The van der Waals surface area contributed by atoms with Gasteiger partial charge in [0, 0.05) is 49.6 Å². The van der Waals surface area contributed by atoms with Crippen molar-refractivity contribution in [1.82, 2.24) is 10.3 Å². The number of halogens is 1. The van der Waals surface area contributed by atoms with Gasteiger partial charge in [-0.05, 0) is 41.3 Å². The van der Waals surface area contributed by atoms with Crippen LogP contribution in [-0.4, -0.2) is 23.1 Å². The fourth-order valence-corrected chi connectivity index (χ4v) is 3.37. The summed E-state index contributed by atoms with van der Waals surface area (Å²) in [5.74, 6) is -0.272. The van der Waals surface area contributed by atoms with Crippen LogP contribution in [0.25, 0.3) is 11.1 Å². The van der Waals surface area contributed by atoms with Crippen molar-refractivity contribution in [1.29, 1.82) is 0 Å². The summed E-state index contributed by atoms with van der Waals surface area (Å²) in [6, 6.07) is 17.6. The monoisotopic (exact) mass is 387 g/mol. The Kier molecular flexibility index (Phi) is 5.44. The summed E-state index contributed by atoms with van der Waals surface area (Å²) in [7, 11) is 0. The molecule has 5 nitrogen and oxygen atoms in total. The van der Waals surface area contributed by atoms with Crippen molar-refractivity contribution < 1.29 is 9.18 Å². The minimum atomic E-state index is -0.362. The molecular formula is C23H20FN4O. The molecule has 0 fully saturated rings. The van der Waals surface area contributed by atoms with E-state index >= 15 is 0 Å². The van der Waals surface area contributed by atoms with E-state index in [4.69, 9.17) is 0 Å². The zero-order chi connectivity index (χ0) is 20.2. The van der Waals surface area contributed by atoms with Gasteiger partial charge in [-0.15, -0.1) is 0 Å². The maximum atomic E-state index is 13.9. The van der Waals surface area contributed by atoms with Crippen molar-refractivity contribution in [3.63, 3.8) is 0 Å². The minimum absolute atomic E-state index is 0.0670. The summed E-state index contributed by atoms with van der Waals surface area (Å²) < 4.78 is 13.9. The third-order valence-electron chi connectivity index (χ3n) is 4.75. The molecule has 145 valence electrons. The van der Waals surface area contributed by atoms with Crippen LogP contribution < -0.4 is 10.6 Å². The number of anilines is 1. The summed E-state index contributed by atoms with van der Waals surface area (Å²) in [4.78, 5) is 19.9. The Morgan fingerprint density at radius 3 is 2.93 bits per heavy atom. The van der Waals surface area contributed by atoms with E-state index in [-0.39, 0.29) is 17.8 Å². The Hall–Kier alpha value is -3.38. The average Bonchev–Trinajstić information content (AvgIpc) is 2.72. The lowest BCUT2D eigenvalue weighted by Crippen LogP contribution is -2.36. The Labute approximate surface area is 168 Å². The molecule has 0 aliphatic carbocycles. The van der Waals surface area contributed by atoms with Gasteiger partial charge >= 0.3 is 0 Å². The van der Waals surface area contributed by atoms with Gasteiger partial charge in [0.1, 0.15) is 11.6 Å². The average molecular weight is 387 g/mol. The summed E-state index contributed by atoms with van der Waals surface area (Å²) in [6.07, 6.45) is 4.23. The molecule has 2 heterocycles. The van der Waals surface area contributed by atoms with Gasteiger partial charge < -0.3 is 10.6 Å². The van der Waals surface area contributed by atoms with Crippen LogP contribution in [0.15, 0.2) is 59.7 Å². The Morgan fingerprint density at radius 1 is 1.28 bits per heavy atom. The number of carbonyl (C=O) groups excluding carboxylic acids is 1. The maximum absolute atomic E-state index is 13.9. The van der Waals surface area contributed by atoms with Crippen molar-refractivity contribution in [2.75, 3.05) is 5.32 Å². The maximum Gasteiger partial charge on any atom is 0.222 e. The van der Waals surface area contributed by atoms with Crippen molar-refractivity contribution >= 4 is 23.6 Å². The first-order chi connectivity index (χ1) is 14.1. The van der Waals surface area contributed by atoms with E-state index in [0.29, 0.717) is 22.6 Å². The van der Waals surface area contributed by atoms with E-state index in [9.17, 15) is 9.18 Å². The van der Waals surface area contributed by atoms with Crippen LogP contribution in [-0.2, 0) is 17.8 Å². The van der Waals surface area contributed by atoms with Crippen LogP contribution in [0.3, 0.4) is 0 Å². The quantitative estimate of drug-likeness (QED) is 0.664. The second-order valence-electron chi connectivity index (χ2n) is 6.91. The number of hydrogen-bond acceptors (Lipinski definition) is 4. The van der Waals surface area contributed by atoms with Crippen LogP contribution in [0.4, 0.5) is 15.9 Å². The highest BCUT2D eigenvalue weighted by atomic mass is 19.1. The molecule has 0 saturated heterocycles. The number of rotatable bonds is 4. The molecule has 1 aliphatic heterocycles. The predicted octanol–water partition coefficient (Wildman–Crippen LogP) is 4.06. The van der Waals surface area contributed by atoms with E-state index in [2.05, 4.69) is 38.8 Å². The van der Waals surface area contributed by atoms with Crippen molar-refractivity contribution in [3.05, 3.63) is 77.7 Å². The Balaban J connectivity index is 1.61. The molecule has 4 rings (SSSR count). The van der Waals surface area contributed by atoms with Gasteiger partial charge in [0.25, 0.3) is 0 Å². The molecule has 3 aromatic rings. The summed E-state index contributed by atoms with van der Waals surface area (Å²) in [5.41, 5.74) is 4.48. The smallest absolute Gasteiger partial charge is 0.222 e. The van der Waals surface area contributed by atoms with Crippen LogP contribution in [0, 0.1) is 11.9 Å². The fraction of sp³-hybridized carbons (Fsp3) is 0.174. The number of aromatic nitrogens is 1. The lowest BCUT2D eigenvalue weighted by molar-refractivity contribution is -0.114. The number of aliphatic imine (C=N–C) groups is 1. The molecule has 0 spiro atoms. The van der Waals surface area contributed by atoms with E-state index in [1.54, 1.807) is 18.3 Å². The lowest BCUT2D eigenvalue weighted by Gasteiger charge is -2.23. The third kappa shape index (κ3) is 4.55. The van der Waals surface area contributed by atoms with Crippen LogP contribution in [0.1, 0.15) is 18.1 Å². The summed E-state index contributed by atoms with van der Waals surface area (Å²) in [6.45, 7) is 2.19. The molecular weight excluding hydrogens is 367 g/mol. The largest absolute Gasteiger partial charge is 0.310 e. The van der Waals surface area contributed by atoms with Gasteiger partial charge in [-0.3, -0.25) is 9.79 Å². The predicted molar refractivity (Wildman–Crippen MR) is 112 cm³/mol. The van der Waals surface area contributed by atoms with Gasteiger partial charge in [0.2, 0.25) is 5.91 Å². The number of pyridine rings is 1. The van der Waals surface area contributed by atoms with Gasteiger partial charge in [-0.2, -0.15) is 0 Å². The zero-order valence-corrected chi connectivity index (χ0v) is 15.9. The van der Waals surface area contributed by atoms with Gasteiger partial charge in [0.05, 0.1) is 5.69 Å². The standard InChI is InChI=1S/C23H20FN4O/c1-15(29)28-23-11-17(8-9-25-23)21-7-6-19(24)12-22(21)27-14-20-10-16-4-2-3-5-18(16)13-26-20/h2-9,12,14,20,26H,10,13H2,1H3,(H,25,28,29)/t20-/m0/s1. The van der Waals surface area contributed by atoms with E-state index < -0.39 is 0 Å². The second-order valence-corrected chi connectivity index (χ2v) is 6.91. The zero-order valence-electron chi connectivity index (χ0n) is 15.9. The number of nitrogens with zero attached hydrogens (tertiary/aromatic N) is 2. The van der Waals surface area contributed by atoms with E-state index in [0.717, 1.165) is 13.0 Å².